The van der Waals surface area contributed by atoms with Gasteiger partial charge in [-0.15, -0.1) is 22.7 Å². The minimum absolute atomic E-state index is 1.13. The molecular formula is C50H51NS2. The van der Waals surface area contributed by atoms with Crippen molar-refractivity contribution >= 4 is 39.7 Å². The fourth-order valence-electron chi connectivity index (χ4n) is 7.15. The lowest BCUT2D eigenvalue weighted by Gasteiger charge is -2.26. The van der Waals surface area contributed by atoms with Gasteiger partial charge in [0.05, 0.1) is 0 Å². The Hall–Kier alpha value is -4.70. The van der Waals surface area contributed by atoms with Crippen LogP contribution in [0.4, 0.5) is 17.1 Å². The van der Waals surface area contributed by atoms with Gasteiger partial charge in [-0.05, 0) is 114 Å². The largest absolute Gasteiger partial charge is 0.311 e. The van der Waals surface area contributed by atoms with Gasteiger partial charge in [-0.1, -0.05) is 149 Å². The summed E-state index contributed by atoms with van der Waals surface area (Å²) in [5.74, 6) is 0. The van der Waals surface area contributed by atoms with E-state index in [0.717, 1.165) is 18.5 Å². The Kier molecular flexibility index (Phi) is 12.7. The number of thiophene rings is 2. The summed E-state index contributed by atoms with van der Waals surface area (Å²) in [4.78, 5) is 7.88. The van der Waals surface area contributed by atoms with Crippen molar-refractivity contribution in [1.29, 1.82) is 0 Å². The van der Waals surface area contributed by atoms with Gasteiger partial charge in [0.25, 0.3) is 0 Å². The summed E-state index contributed by atoms with van der Waals surface area (Å²) in [6.45, 7) is 4.57. The van der Waals surface area contributed by atoms with Crippen molar-refractivity contribution in [2.24, 2.45) is 0 Å². The Morgan fingerprint density at radius 2 is 0.887 bits per heavy atom. The lowest BCUT2D eigenvalue weighted by atomic mass is 10.0. The Labute approximate surface area is 325 Å². The van der Waals surface area contributed by atoms with Gasteiger partial charge in [-0.25, -0.2) is 0 Å². The minimum Gasteiger partial charge on any atom is -0.311 e. The van der Waals surface area contributed by atoms with E-state index in [1.165, 1.54) is 116 Å². The Bertz CT molecular complexity index is 2120. The van der Waals surface area contributed by atoms with Crippen LogP contribution in [0.5, 0.6) is 0 Å². The lowest BCUT2D eigenvalue weighted by molar-refractivity contribution is 0.667. The van der Waals surface area contributed by atoms with Crippen LogP contribution >= 0.6 is 22.7 Å². The molecule has 0 amide bonds. The van der Waals surface area contributed by atoms with Crippen LogP contribution in [0.15, 0.2) is 152 Å². The van der Waals surface area contributed by atoms with Gasteiger partial charge < -0.3 is 4.90 Å². The van der Waals surface area contributed by atoms with Gasteiger partial charge in [0.15, 0.2) is 0 Å². The van der Waals surface area contributed by atoms with Crippen molar-refractivity contribution in [2.45, 2.75) is 78.1 Å². The number of benzene rings is 5. The van der Waals surface area contributed by atoms with E-state index >= 15 is 0 Å². The van der Waals surface area contributed by atoms with Crippen LogP contribution in [0.1, 0.15) is 76.3 Å². The maximum Gasteiger partial charge on any atom is 0.0481 e. The average Bonchev–Trinajstić information content (AvgIpc) is 3.88. The predicted molar refractivity (Wildman–Crippen MR) is 234 cm³/mol. The van der Waals surface area contributed by atoms with Gasteiger partial charge in [0, 0.05) is 36.6 Å². The van der Waals surface area contributed by atoms with E-state index in [2.05, 4.69) is 170 Å². The van der Waals surface area contributed by atoms with Crippen molar-refractivity contribution in [2.75, 3.05) is 4.90 Å². The molecular weight excluding hydrogens is 679 g/mol. The highest BCUT2D eigenvalue weighted by molar-refractivity contribution is 7.25. The second-order valence-corrected chi connectivity index (χ2v) is 16.2. The number of anilines is 3. The first-order valence-corrected chi connectivity index (χ1v) is 21.3. The molecule has 0 aliphatic carbocycles. The summed E-state index contributed by atoms with van der Waals surface area (Å²) in [6.07, 6.45) is 12.5. The normalized spacial score (nSPS) is 11.2. The number of hydrogen-bond acceptors (Lipinski definition) is 3. The van der Waals surface area contributed by atoms with Gasteiger partial charge in [0.1, 0.15) is 0 Å². The molecule has 0 spiro atoms. The first-order chi connectivity index (χ1) is 26.2. The molecule has 0 N–H and O–H groups in total. The fraction of sp³-hybridized carbons (Fsp3) is 0.240. The third kappa shape index (κ3) is 9.27. The molecule has 53 heavy (non-hydrogen) atoms. The summed E-state index contributed by atoms with van der Waals surface area (Å²) in [5, 5.41) is 0. The quantitative estimate of drug-likeness (QED) is 0.0844. The summed E-state index contributed by atoms with van der Waals surface area (Å²) in [6, 6.07) is 56.0. The Balaban J connectivity index is 1.19. The molecule has 0 radical (unpaired) electrons. The van der Waals surface area contributed by atoms with Crippen LogP contribution in [0.3, 0.4) is 0 Å². The van der Waals surface area contributed by atoms with Crippen LogP contribution in [-0.4, -0.2) is 0 Å². The second-order valence-electron chi connectivity index (χ2n) is 14.1. The molecule has 7 aromatic rings. The molecule has 0 atom stereocenters. The van der Waals surface area contributed by atoms with Gasteiger partial charge in [-0.3, -0.25) is 0 Å². The van der Waals surface area contributed by atoms with Crippen molar-refractivity contribution < 1.29 is 0 Å². The molecule has 3 heteroatoms. The molecule has 0 aliphatic rings. The van der Waals surface area contributed by atoms with E-state index in [1.54, 1.807) is 0 Å². The summed E-state index contributed by atoms with van der Waals surface area (Å²) in [5.41, 5.74) is 11.5. The molecule has 2 heterocycles. The average molecular weight is 730 g/mol. The van der Waals surface area contributed by atoms with E-state index in [4.69, 9.17) is 0 Å². The summed E-state index contributed by atoms with van der Waals surface area (Å²) in [7, 11) is 0. The SMILES string of the molecule is CCCCCCc1ccc(N(c2ccc(-c3ccccc3)cc2)c2ccc(-c3cc(CCCCCC)c(-c4ccc(-c5ccccc5)s4)s3)cc2)cc1. The van der Waals surface area contributed by atoms with Gasteiger partial charge in [0.2, 0.25) is 0 Å². The lowest BCUT2D eigenvalue weighted by Crippen LogP contribution is -2.10. The zero-order chi connectivity index (χ0) is 36.2. The fourth-order valence-corrected chi connectivity index (χ4v) is 9.52. The van der Waals surface area contributed by atoms with Crippen LogP contribution in [-0.2, 0) is 12.8 Å². The molecule has 0 saturated heterocycles. The molecule has 0 saturated carbocycles. The topological polar surface area (TPSA) is 3.24 Å². The Morgan fingerprint density at radius 1 is 0.396 bits per heavy atom. The van der Waals surface area contributed by atoms with Crippen molar-refractivity contribution in [1.82, 2.24) is 0 Å². The predicted octanol–water partition coefficient (Wildman–Crippen LogP) is 16.2. The maximum absolute atomic E-state index is 2.47. The first kappa shape index (κ1) is 36.6. The molecule has 5 aromatic carbocycles. The minimum atomic E-state index is 1.13. The van der Waals surface area contributed by atoms with Crippen LogP contribution in [0, 0.1) is 0 Å². The van der Waals surface area contributed by atoms with E-state index in [1.807, 2.05) is 22.7 Å². The maximum atomic E-state index is 2.47. The van der Waals surface area contributed by atoms with Crippen LogP contribution in [0.25, 0.3) is 41.8 Å². The number of hydrogen-bond donors (Lipinski definition) is 0. The zero-order valence-electron chi connectivity index (χ0n) is 31.3. The summed E-state index contributed by atoms with van der Waals surface area (Å²) < 4.78 is 0. The van der Waals surface area contributed by atoms with E-state index in [0.29, 0.717) is 0 Å². The highest BCUT2D eigenvalue weighted by Crippen LogP contribution is 2.44. The molecule has 268 valence electrons. The zero-order valence-corrected chi connectivity index (χ0v) is 32.9. The Morgan fingerprint density at radius 3 is 1.49 bits per heavy atom. The molecule has 7 rings (SSSR count). The van der Waals surface area contributed by atoms with Crippen molar-refractivity contribution in [3.05, 3.63) is 163 Å². The second kappa shape index (κ2) is 18.4. The molecule has 2 aromatic heterocycles. The van der Waals surface area contributed by atoms with Crippen molar-refractivity contribution in [3.63, 3.8) is 0 Å². The number of nitrogens with zero attached hydrogens (tertiary/aromatic N) is 1. The number of rotatable bonds is 17. The first-order valence-electron chi connectivity index (χ1n) is 19.6. The molecule has 0 fully saturated rings. The molecule has 1 nitrogen and oxygen atoms in total. The molecule has 0 unspecified atom stereocenters. The monoisotopic (exact) mass is 729 g/mol. The smallest absolute Gasteiger partial charge is 0.0481 e. The number of aryl methyl sites for hydroxylation is 2. The van der Waals surface area contributed by atoms with Crippen molar-refractivity contribution in [3.8, 4) is 41.8 Å². The molecule has 0 aliphatic heterocycles. The summed E-state index contributed by atoms with van der Waals surface area (Å²) >= 11 is 3.87. The van der Waals surface area contributed by atoms with E-state index < -0.39 is 0 Å². The van der Waals surface area contributed by atoms with Crippen LogP contribution < -0.4 is 4.90 Å². The number of unbranched alkanes of at least 4 members (excludes halogenated alkanes) is 6. The highest BCUT2D eigenvalue weighted by atomic mass is 32.1. The van der Waals surface area contributed by atoms with Gasteiger partial charge >= 0.3 is 0 Å². The van der Waals surface area contributed by atoms with E-state index in [9.17, 15) is 0 Å². The highest BCUT2D eigenvalue weighted by Gasteiger charge is 2.17. The molecule has 0 bridgehead atoms. The van der Waals surface area contributed by atoms with Crippen LogP contribution in [0.2, 0.25) is 0 Å². The van der Waals surface area contributed by atoms with E-state index in [-0.39, 0.29) is 0 Å². The third-order valence-corrected chi connectivity index (χ3v) is 12.7. The standard InChI is InChI=1S/C50H51NS2/c1-3-5-7-11-17-38-23-29-44(30-24-38)51(45-31-25-40(26-32-45)39-18-13-9-14-19-39)46-33-27-42(28-34-46)49-37-43(22-12-8-6-4-2)50(53-49)48-36-35-47(52-48)41-20-15-10-16-21-41/h9-10,13-16,18-21,23-37H,3-8,11-12,17,22H2,1-2H3. The third-order valence-electron chi connectivity index (χ3n) is 10.2. The van der Waals surface area contributed by atoms with Gasteiger partial charge in [-0.2, -0.15) is 0 Å².